The Morgan fingerprint density at radius 2 is 2.33 bits per heavy atom. The van der Waals surface area contributed by atoms with Crippen LogP contribution >= 0.6 is 15.9 Å². The molecule has 1 unspecified atom stereocenters. The Morgan fingerprint density at radius 3 is 2.92 bits per heavy atom. The van der Waals surface area contributed by atoms with Gasteiger partial charge >= 0.3 is 0 Å². The highest BCUT2D eigenvalue weighted by Gasteiger charge is 2.32. The molecule has 3 heteroatoms. The van der Waals surface area contributed by atoms with Gasteiger partial charge in [0.15, 0.2) is 0 Å². The van der Waals surface area contributed by atoms with E-state index in [2.05, 4.69) is 15.9 Å². The van der Waals surface area contributed by atoms with Crippen LogP contribution < -0.4 is 0 Å². The minimum absolute atomic E-state index is 0.0132. The van der Waals surface area contributed by atoms with Crippen LogP contribution in [0.4, 0.5) is 0 Å². The molecular formula is C9H9BrO2. The summed E-state index contributed by atoms with van der Waals surface area (Å²) in [5.74, 6) is 0. The fraction of sp³-hybridized carbons (Fsp3) is 0.333. The third kappa shape index (κ3) is 1.68. The van der Waals surface area contributed by atoms with Crippen LogP contribution in [0.1, 0.15) is 11.7 Å². The number of rotatable bonds is 2. The van der Waals surface area contributed by atoms with Gasteiger partial charge in [0.1, 0.15) is 12.2 Å². The van der Waals surface area contributed by atoms with Crippen molar-refractivity contribution in [2.24, 2.45) is 0 Å². The molecule has 2 rings (SSSR count). The maximum atomic E-state index is 9.64. The summed E-state index contributed by atoms with van der Waals surface area (Å²) in [7, 11) is 0. The molecule has 1 N–H and O–H groups in total. The van der Waals surface area contributed by atoms with E-state index in [0.717, 1.165) is 10.0 Å². The molecule has 0 saturated carbocycles. The highest BCUT2D eigenvalue weighted by Crippen LogP contribution is 2.28. The van der Waals surface area contributed by atoms with Gasteiger partial charge in [0.05, 0.1) is 6.61 Å². The van der Waals surface area contributed by atoms with Gasteiger partial charge in [-0.1, -0.05) is 28.1 Å². The fourth-order valence-corrected chi connectivity index (χ4v) is 1.56. The summed E-state index contributed by atoms with van der Waals surface area (Å²) < 4.78 is 5.99. The quantitative estimate of drug-likeness (QED) is 0.785. The molecule has 0 spiro atoms. The zero-order valence-electron chi connectivity index (χ0n) is 6.40. The molecule has 2 nitrogen and oxygen atoms in total. The Balaban J connectivity index is 2.20. The molecule has 0 aliphatic carbocycles. The lowest BCUT2D eigenvalue weighted by Gasteiger charge is -2.06. The van der Waals surface area contributed by atoms with Gasteiger partial charge in [-0.3, -0.25) is 0 Å². The van der Waals surface area contributed by atoms with Gasteiger partial charge in [0.2, 0.25) is 0 Å². The molecular weight excluding hydrogens is 220 g/mol. The molecule has 1 aliphatic heterocycles. The smallest absolute Gasteiger partial charge is 0.111 e. The van der Waals surface area contributed by atoms with Crippen molar-refractivity contribution in [3.8, 4) is 0 Å². The number of hydrogen-bond donors (Lipinski definition) is 1. The van der Waals surface area contributed by atoms with Crippen LogP contribution in [0.2, 0.25) is 0 Å². The number of aliphatic hydroxyl groups is 1. The minimum Gasteiger partial charge on any atom is -0.386 e. The second kappa shape index (κ2) is 3.17. The molecule has 1 saturated heterocycles. The molecule has 1 fully saturated rings. The first-order chi connectivity index (χ1) is 5.77. The summed E-state index contributed by atoms with van der Waals surface area (Å²) in [5, 5.41) is 9.64. The van der Waals surface area contributed by atoms with Gasteiger partial charge in [-0.05, 0) is 17.7 Å². The third-order valence-electron chi connectivity index (χ3n) is 1.90. The molecule has 1 aromatic carbocycles. The largest absolute Gasteiger partial charge is 0.386 e. The average Bonchev–Trinajstić information content (AvgIpc) is 2.85. The number of hydrogen-bond acceptors (Lipinski definition) is 2. The fourth-order valence-electron chi connectivity index (χ4n) is 1.14. The first-order valence-electron chi connectivity index (χ1n) is 3.82. The van der Waals surface area contributed by atoms with Crippen LogP contribution in [-0.2, 0) is 4.74 Å². The van der Waals surface area contributed by atoms with Crippen LogP contribution in [0.15, 0.2) is 28.7 Å². The van der Waals surface area contributed by atoms with Gasteiger partial charge in [-0.15, -0.1) is 0 Å². The average molecular weight is 229 g/mol. The number of epoxide rings is 1. The maximum absolute atomic E-state index is 9.64. The summed E-state index contributed by atoms with van der Waals surface area (Å²) in [6.07, 6.45) is -0.457. The van der Waals surface area contributed by atoms with Crippen molar-refractivity contribution in [2.45, 2.75) is 12.2 Å². The van der Waals surface area contributed by atoms with E-state index in [0.29, 0.717) is 6.61 Å². The molecule has 2 atom stereocenters. The normalized spacial score (nSPS) is 23.7. The monoisotopic (exact) mass is 228 g/mol. The Hall–Kier alpha value is -0.380. The molecule has 0 aromatic heterocycles. The topological polar surface area (TPSA) is 32.8 Å². The summed E-state index contributed by atoms with van der Waals surface area (Å²) in [6.45, 7) is 0.674. The predicted octanol–water partition coefficient (Wildman–Crippen LogP) is 1.88. The first kappa shape index (κ1) is 8.23. The molecule has 64 valence electrons. The second-order valence-corrected chi connectivity index (χ2v) is 3.79. The molecule has 0 radical (unpaired) electrons. The maximum Gasteiger partial charge on any atom is 0.111 e. The van der Waals surface area contributed by atoms with Crippen LogP contribution in [0, 0.1) is 0 Å². The molecule has 1 aromatic rings. The standard InChI is InChI=1S/C9H9BrO2/c10-7-3-1-2-6(4-7)9(11)8-5-12-8/h1-4,8-9,11H,5H2/t8-,9?/m0/s1. The highest BCUT2D eigenvalue weighted by molar-refractivity contribution is 9.10. The third-order valence-corrected chi connectivity index (χ3v) is 2.39. The molecule has 1 aliphatic rings. The van der Waals surface area contributed by atoms with Gasteiger partial charge in [-0.25, -0.2) is 0 Å². The van der Waals surface area contributed by atoms with Crippen molar-refractivity contribution in [3.63, 3.8) is 0 Å². The van der Waals surface area contributed by atoms with Crippen LogP contribution in [-0.4, -0.2) is 17.8 Å². The predicted molar refractivity (Wildman–Crippen MR) is 48.8 cm³/mol. The summed E-state index contributed by atoms with van der Waals surface area (Å²) in [5.41, 5.74) is 0.909. The molecule has 1 heterocycles. The summed E-state index contributed by atoms with van der Waals surface area (Å²) in [6, 6.07) is 7.65. The van der Waals surface area contributed by atoms with Crippen molar-refractivity contribution in [3.05, 3.63) is 34.3 Å². The SMILES string of the molecule is OC(c1cccc(Br)c1)[C@@H]1CO1. The lowest BCUT2D eigenvalue weighted by atomic mass is 10.1. The number of halogens is 1. The lowest BCUT2D eigenvalue weighted by molar-refractivity contribution is 0.137. The van der Waals surface area contributed by atoms with Crippen LogP contribution in [0.3, 0.4) is 0 Å². The van der Waals surface area contributed by atoms with Crippen LogP contribution in [0.5, 0.6) is 0 Å². The summed E-state index contributed by atoms with van der Waals surface area (Å²) in [4.78, 5) is 0. The highest BCUT2D eigenvalue weighted by atomic mass is 79.9. The molecule has 0 amide bonds. The summed E-state index contributed by atoms with van der Waals surface area (Å²) >= 11 is 3.35. The van der Waals surface area contributed by atoms with Crippen molar-refractivity contribution in [1.82, 2.24) is 0 Å². The Bertz CT molecular complexity index is 284. The Labute approximate surface area is 79.3 Å². The molecule has 0 bridgehead atoms. The second-order valence-electron chi connectivity index (χ2n) is 2.87. The van der Waals surface area contributed by atoms with Crippen molar-refractivity contribution < 1.29 is 9.84 Å². The number of benzene rings is 1. The van der Waals surface area contributed by atoms with E-state index in [1.165, 1.54) is 0 Å². The minimum atomic E-state index is -0.470. The van der Waals surface area contributed by atoms with Gasteiger partial charge in [0, 0.05) is 4.47 Å². The zero-order chi connectivity index (χ0) is 8.55. The van der Waals surface area contributed by atoms with E-state index in [-0.39, 0.29) is 6.10 Å². The van der Waals surface area contributed by atoms with Crippen molar-refractivity contribution in [1.29, 1.82) is 0 Å². The van der Waals surface area contributed by atoms with Gasteiger partial charge in [-0.2, -0.15) is 0 Å². The van der Waals surface area contributed by atoms with Gasteiger partial charge in [0.25, 0.3) is 0 Å². The van der Waals surface area contributed by atoms with E-state index in [1.807, 2.05) is 24.3 Å². The van der Waals surface area contributed by atoms with E-state index in [4.69, 9.17) is 4.74 Å². The van der Waals surface area contributed by atoms with E-state index in [1.54, 1.807) is 0 Å². The van der Waals surface area contributed by atoms with Crippen molar-refractivity contribution in [2.75, 3.05) is 6.61 Å². The van der Waals surface area contributed by atoms with Crippen molar-refractivity contribution >= 4 is 15.9 Å². The van der Waals surface area contributed by atoms with E-state index >= 15 is 0 Å². The van der Waals surface area contributed by atoms with E-state index < -0.39 is 6.10 Å². The zero-order valence-corrected chi connectivity index (χ0v) is 7.99. The molecule has 12 heavy (non-hydrogen) atoms. The van der Waals surface area contributed by atoms with Gasteiger partial charge < -0.3 is 9.84 Å². The lowest BCUT2D eigenvalue weighted by Crippen LogP contribution is -2.04. The number of aliphatic hydroxyl groups excluding tert-OH is 1. The first-order valence-corrected chi connectivity index (χ1v) is 4.62. The number of ether oxygens (including phenoxy) is 1. The Morgan fingerprint density at radius 1 is 1.58 bits per heavy atom. The van der Waals surface area contributed by atoms with Crippen LogP contribution in [0.25, 0.3) is 0 Å². The Kier molecular flexibility index (Phi) is 2.17. The van der Waals surface area contributed by atoms with E-state index in [9.17, 15) is 5.11 Å².